The SMILES string of the molecule is CC.CC(C)(C)C(C)(C)C(=O)OC(C(=O)OCc1ccccc1)C(OC(=O)C(C)(C)C(C)(C)C)C(=O)OCc1ccccc1. The third-order valence-corrected chi connectivity index (χ3v) is 8.43. The van der Waals surface area contributed by atoms with Crippen molar-refractivity contribution in [3.8, 4) is 0 Å². The van der Waals surface area contributed by atoms with E-state index in [-0.39, 0.29) is 13.2 Å². The predicted octanol–water partition coefficient (Wildman–Crippen LogP) is 7.47. The minimum atomic E-state index is -1.91. The fraction of sp³-hybridized carbons (Fsp3) is 0.556. The molecule has 44 heavy (non-hydrogen) atoms. The molecule has 0 saturated heterocycles. The zero-order valence-electron chi connectivity index (χ0n) is 28.6. The number of benzene rings is 2. The molecule has 0 aliphatic rings. The van der Waals surface area contributed by atoms with Gasteiger partial charge in [-0.15, -0.1) is 0 Å². The Kier molecular flexibility index (Phi) is 13.8. The van der Waals surface area contributed by atoms with E-state index in [0.29, 0.717) is 11.1 Å². The van der Waals surface area contributed by atoms with Gasteiger partial charge in [0.2, 0.25) is 12.2 Å². The maximum atomic E-state index is 13.6. The van der Waals surface area contributed by atoms with Gasteiger partial charge >= 0.3 is 23.9 Å². The number of carbonyl (C=O) groups is 4. The molecule has 0 saturated carbocycles. The van der Waals surface area contributed by atoms with Gasteiger partial charge in [0.1, 0.15) is 13.2 Å². The summed E-state index contributed by atoms with van der Waals surface area (Å²) in [7, 11) is 0. The standard InChI is InChI=1S/C34H46O8.C2H6/c1-31(2,3)33(7,8)29(37)41-25(27(35)39-21-23-17-13-11-14-18-23)26(42-30(38)34(9,10)32(4,5)6)28(36)40-22-24-19-15-12-16-20-24;1-2/h11-20,25-26H,21-22H2,1-10H3;1-2H3. The van der Waals surface area contributed by atoms with E-state index in [1.165, 1.54) is 0 Å². The van der Waals surface area contributed by atoms with Gasteiger partial charge in [-0.3, -0.25) is 9.59 Å². The van der Waals surface area contributed by atoms with Crippen LogP contribution < -0.4 is 0 Å². The number of rotatable bonds is 11. The molecule has 8 nitrogen and oxygen atoms in total. The van der Waals surface area contributed by atoms with Gasteiger partial charge in [0.25, 0.3) is 0 Å². The maximum absolute atomic E-state index is 13.6. The lowest BCUT2D eigenvalue weighted by Crippen LogP contribution is -2.52. The van der Waals surface area contributed by atoms with Gasteiger partial charge in [-0.05, 0) is 49.7 Å². The maximum Gasteiger partial charge on any atom is 0.352 e. The Labute approximate surface area is 263 Å². The van der Waals surface area contributed by atoms with Gasteiger partial charge in [-0.2, -0.15) is 0 Å². The van der Waals surface area contributed by atoms with E-state index < -0.39 is 57.7 Å². The van der Waals surface area contributed by atoms with E-state index in [9.17, 15) is 19.2 Å². The average molecular weight is 613 g/mol. The summed E-state index contributed by atoms with van der Waals surface area (Å²) in [4.78, 5) is 54.2. The van der Waals surface area contributed by atoms with E-state index in [1.807, 2.05) is 67.5 Å². The fourth-order valence-electron chi connectivity index (χ4n) is 3.23. The third-order valence-electron chi connectivity index (χ3n) is 8.43. The van der Waals surface area contributed by atoms with Crippen LogP contribution in [-0.2, 0) is 51.3 Å². The number of ether oxygens (including phenoxy) is 4. The Morgan fingerprint density at radius 3 is 1.05 bits per heavy atom. The molecule has 0 aromatic heterocycles. The van der Waals surface area contributed by atoms with Crippen LogP contribution in [0.25, 0.3) is 0 Å². The van der Waals surface area contributed by atoms with E-state index in [4.69, 9.17) is 18.9 Å². The number of esters is 4. The molecule has 2 aromatic rings. The van der Waals surface area contributed by atoms with Crippen molar-refractivity contribution in [2.24, 2.45) is 21.7 Å². The van der Waals surface area contributed by atoms with Crippen molar-refractivity contribution in [2.45, 2.75) is 109 Å². The van der Waals surface area contributed by atoms with Gasteiger partial charge in [-0.1, -0.05) is 116 Å². The van der Waals surface area contributed by atoms with Crippen molar-refractivity contribution >= 4 is 23.9 Å². The molecule has 0 aliphatic heterocycles. The van der Waals surface area contributed by atoms with Gasteiger partial charge < -0.3 is 18.9 Å². The van der Waals surface area contributed by atoms with Crippen molar-refractivity contribution in [3.05, 3.63) is 71.8 Å². The highest BCUT2D eigenvalue weighted by Crippen LogP contribution is 2.41. The molecule has 2 unspecified atom stereocenters. The quantitative estimate of drug-likeness (QED) is 0.190. The molecule has 0 radical (unpaired) electrons. The number of hydrogen-bond acceptors (Lipinski definition) is 8. The average Bonchev–Trinajstić information content (AvgIpc) is 2.97. The third kappa shape index (κ3) is 10.2. The van der Waals surface area contributed by atoms with Gasteiger partial charge in [0.05, 0.1) is 10.8 Å². The summed E-state index contributed by atoms with van der Waals surface area (Å²) in [6.45, 7) is 21.6. The van der Waals surface area contributed by atoms with Crippen molar-refractivity contribution < 1.29 is 38.1 Å². The van der Waals surface area contributed by atoms with Crippen LogP contribution in [0.5, 0.6) is 0 Å². The second kappa shape index (κ2) is 15.9. The molecule has 0 amide bonds. The van der Waals surface area contributed by atoms with Crippen molar-refractivity contribution in [1.82, 2.24) is 0 Å². The molecule has 0 spiro atoms. The minimum absolute atomic E-state index is 0.149. The highest BCUT2D eigenvalue weighted by Gasteiger charge is 2.50. The molecule has 0 fully saturated rings. The molecular formula is C36H52O8. The Hall–Kier alpha value is -3.68. The first-order valence-corrected chi connectivity index (χ1v) is 15.1. The second-order valence-corrected chi connectivity index (χ2v) is 13.6. The highest BCUT2D eigenvalue weighted by molar-refractivity contribution is 5.91. The van der Waals surface area contributed by atoms with E-state index in [2.05, 4.69) is 0 Å². The van der Waals surface area contributed by atoms with Gasteiger partial charge in [-0.25, -0.2) is 9.59 Å². The first-order valence-electron chi connectivity index (χ1n) is 15.1. The van der Waals surface area contributed by atoms with Crippen LogP contribution in [-0.4, -0.2) is 36.1 Å². The van der Waals surface area contributed by atoms with Crippen LogP contribution in [0, 0.1) is 21.7 Å². The molecular weight excluding hydrogens is 560 g/mol. The van der Waals surface area contributed by atoms with Crippen molar-refractivity contribution in [1.29, 1.82) is 0 Å². The van der Waals surface area contributed by atoms with Crippen LogP contribution >= 0.6 is 0 Å². The Bertz CT molecular complexity index is 1120. The topological polar surface area (TPSA) is 105 Å². The molecule has 244 valence electrons. The molecule has 2 aromatic carbocycles. The number of carbonyl (C=O) groups excluding carboxylic acids is 4. The summed E-state index contributed by atoms with van der Waals surface area (Å²) in [5, 5.41) is 0. The smallest absolute Gasteiger partial charge is 0.352 e. The zero-order valence-corrected chi connectivity index (χ0v) is 28.6. The fourth-order valence-corrected chi connectivity index (χ4v) is 3.23. The summed E-state index contributed by atoms with van der Waals surface area (Å²) < 4.78 is 22.5. The molecule has 2 atom stereocenters. The summed E-state index contributed by atoms with van der Waals surface area (Å²) in [6.07, 6.45) is -3.82. The molecule has 2 rings (SSSR count). The van der Waals surface area contributed by atoms with E-state index in [0.717, 1.165) is 0 Å². The zero-order chi connectivity index (χ0) is 33.9. The summed E-state index contributed by atoms with van der Waals surface area (Å²) in [5.74, 6) is -3.60. The molecule has 0 heterocycles. The normalized spacial score (nSPS) is 13.4. The number of hydrogen-bond donors (Lipinski definition) is 0. The molecule has 0 aliphatic carbocycles. The highest BCUT2D eigenvalue weighted by atomic mass is 16.6. The molecule has 0 N–H and O–H groups in total. The van der Waals surface area contributed by atoms with Crippen molar-refractivity contribution in [2.75, 3.05) is 0 Å². The lowest BCUT2D eigenvalue weighted by Gasteiger charge is -2.39. The van der Waals surface area contributed by atoms with Gasteiger partial charge in [0.15, 0.2) is 0 Å². The Morgan fingerprint density at radius 1 is 0.523 bits per heavy atom. The summed E-state index contributed by atoms with van der Waals surface area (Å²) in [5.41, 5.74) is -1.95. The first kappa shape index (κ1) is 38.3. The largest absolute Gasteiger partial charge is 0.458 e. The van der Waals surface area contributed by atoms with Crippen LogP contribution in [0.3, 0.4) is 0 Å². The second-order valence-electron chi connectivity index (χ2n) is 13.6. The van der Waals surface area contributed by atoms with E-state index in [1.54, 1.807) is 76.2 Å². The van der Waals surface area contributed by atoms with Crippen LogP contribution in [0.15, 0.2) is 60.7 Å². The summed E-state index contributed by atoms with van der Waals surface area (Å²) in [6, 6.07) is 17.8. The summed E-state index contributed by atoms with van der Waals surface area (Å²) >= 11 is 0. The van der Waals surface area contributed by atoms with Crippen LogP contribution in [0.4, 0.5) is 0 Å². The molecule has 8 heteroatoms. The Morgan fingerprint density at radius 2 is 0.795 bits per heavy atom. The lowest BCUT2D eigenvalue weighted by molar-refractivity contribution is -0.202. The Balaban J connectivity index is 0.00000474. The van der Waals surface area contributed by atoms with E-state index >= 15 is 0 Å². The first-order chi connectivity index (χ1) is 20.3. The van der Waals surface area contributed by atoms with Crippen LogP contribution in [0.2, 0.25) is 0 Å². The van der Waals surface area contributed by atoms with Gasteiger partial charge in [0, 0.05) is 0 Å². The lowest BCUT2D eigenvalue weighted by atomic mass is 9.69. The van der Waals surface area contributed by atoms with Crippen LogP contribution in [0.1, 0.15) is 94.2 Å². The minimum Gasteiger partial charge on any atom is -0.458 e. The van der Waals surface area contributed by atoms with Crippen molar-refractivity contribution in [3.63, 3.8) is 0 Å². The monoisotopic (exact) mass is 612 g/mol. The predicted molar refractivity (Wildman–Crippen MR) is 170 cm³/mol. The molecule has 0 bridgehead atoms.